The number of benzene rings is 1. The van der Waals surface area contributed by atoms with E-state index in [0.717, 1.165) is 37.3 Å². The van der Waals surface area contributed by atoms with Gasteiger partial charge in [-0.05, 0) is 43.9 Å². The molecule has 2 heterocycles. The second-order valence-corrected chi connectivity index (χ2v) is 5.57. The number of anilines is 2. The molecule has 1 aromatic carbocycles. The van der Waals surface area contributed by atoms with Crippen molar-refractivity contribution in [3.63, 3.8) is 0 Å². The van der Waals surface area contributed by atoms with E-state index in [9.17, 15) is 4.79 Å². The number of methoxy groups -OCH3 is 1. The van der Waals surface area contributed by atoms with Crippen molar-refractivity contribution in [1.29, 1.82) is 0 Å². The minimum Gasteiger partial charge on any atom is -0.495 e. The highest BCUT2D eigenvalue weighted by Crippen LogP contribution is 2.31. The number of hydrogen-bond donors (Lipinski definition) is 1. The summed E-state index contributed by atoms with van der Waals surface area (Å²) in [4.78, 5) is 14.5. The Morgan fingerprint density at radius 3 is 2.81 bits per heavy atom. The molecule has 2 aliphatic heterocycles. The van der Waals surface area contributed by atoms with Gasteiger partial charge in [0.25, 0.3) is 5.91 Å². The van der Waals surface area contributed by atoms with E-state index in [1.54, 1.807) is 7.11 Å². The standard InChI is InChI=1S/C16H22N2O3/c1-20-14-7-6-12(18-8-2-3-9-18)11-13(14)17-16(19)15-5-4-10-21-15/h6-7,11,15H,2-5,8-10H2,1H3,(H,17,19). The van der Waals surface area contributed by atoms with Crippen LogP contribution >= 0.6 is 0 Å². The minimum atomic E-state index is -0.329. The van der Waals surface area contributed by atoms with Crippen LogP contribution in [0.4, 0.5) is 11.4 Å². The molecule has 0 radical (unpaired) electrons. The Balaban J connectivity index is 1.77. The van der Waals surface area contributed by atoms with E-state index >= 15 is 0 Å². The fraction of sp³-hybridized carbons (Fsp3) is 0.562. The van der Waals surface area contributed by atoms with E-state index in [-0.39, 0.29) is 12.0 Å². The summed E-state index contributed by atoms with van der Waals surface area (Å²) >= 11 is 0. The lowest BCUT2D eigenvalue weighted by atomic mass is 10.2. The van der Waals surface area contributed by atoms with Gasteiger partial charge in [-0.15, -0.1) is 0 Å². The molecule has 0 aliphatic carbocycles. The smallest absolute Gasteiger partial charge is 0.253 e. The van der Waals surface area contributed by atoms with Gasteiger partial charge >= 0.3 is 0 Å². The topological polar surface area (TPSA) is 50.8 Å². The van der Waals surface area contributed by atoms with Crippen molar-refractivity contribution in [3.05, 3.63) is 18.2 Å². The lowest BCUT2D eigenvalue weighted by Gasteiger charge is -2.20. The van der Waals surface area contributed by atoms with Gasteiger partial charge in [-0.1, -0.05) is 0 Å². The molecule has 114 valence electrons. The molecule has 5 nitrogen and oxygen atoms in total. The molecule has 2 saturated heterocycles. The van der Waals surface area contributed by atoms with Crippen molar-refractivity contribution >= 4 is 17.3 Å². The number of nitrogens with one attached hydrogen (secondary N) is 1. The monoisotopic (exact) mass is 290 g/mol. The molecule has 3 rings (SSSR count). The molecule has 1 amide bonds. The molecule has 0 aromatic heterocycles. The van der Waals surface area contributed by atoms with Gasteiger partial charge in [-0.25, -0.2) is 0 Å². The highest BCUT2D eigenvalue weighted by Gasteiger charge is 2.24. The summed E-state index contributed by atoms with van der Waals surface area (Å²) in [5.74, 6) is 0.605. The van der Waals surface area contributed by atoms with Crippen molar-refractivity contribution in [2.45, 2.75) is 31.8 Å². The molecule has 21 heavy (non-hydrogen) atoms. The predicted molar refractivity (Wildman–Crippen MR) is 82.0 cm³/mol. The number of carbonyl (C=O) groups is 1. The van der Waals surface area contributed by atoms with Crippen LogP contribution in [0.15, 0.2) is 18.2 Å². The molecule has 0 bridgehead atoms. The largest absolute Gasteiger partial charge is 0.495 e. The maximum absolute atomic E-state index is 12.2. The van der Waals surface area contributed by atoms with Crippen LogP contribution in [-0.2, 0) is 9.53 Å². The summed E-state index contributed by atoms with van der Waals surface area (Å²) in [5.41, 5.74) is 1.86. The summed E-state index contributed by atoms with van der Waals surface area (Å²) in [6, 6.07) is 5.96. The maximum Gasteiger partial charge on any atom is 0.253 e. The molecular weight excluding hydrogens is 268 g/mol. The number of amides is 1. The van der Waals surface area contributed by atoms with Crippen LogP contribution in [0.1, 0.15) is 25.7 Å². The summed E-state index contributed by atoms with van der Waals surface area (Å²) in [6.45, 7) is 2.82. The average molecular weight is 290 g/mol. The Morgan fingerprint density at radius 2 is 2.14 bits per heavy atom. The molecule has 5 heteroatoms. The van der Waals surface area contributed by atoms with Gasteiger partial charge in [0.15, 0.2) is 0 Å². The zero-order chi connectivity index (χ0) is 14.7. The van der Waals surface area contributed by atoms with Crippen molar-refractivity contribution in [2.75, 3.05) is 37.0 Å². The van der Waals surface area contributed by atoms with Crippen molar-refractivity contribution in [1.82, 2.24) is 0 Å². The molecule has 0 spiro atoms. The minimum absolute atomic E-state index is 0.0793. The number of hydrogen-bond acceptors (Lipinski definition) is 4. The third-order valence-electron chi connectivity index (χ3n) is 4.13. The van der Waals surface area contributed by atoms with Gasteiger partial charge in [-0.2, -0.15) is 0 Å². The number of carbonyl (C=O) groups excluding carboxylic acids is 1. The number of nitrogens with zero attached hydrogens (tertiary/aromatic N) is 1. The second kappa shape index (κ2) is 6.35. The van der Waals surface area contributed by atoms with E-state index in [1.165, 1.54) is 12.8 Å². The molecule has 2 fully saturated rings. The summed E-state index contributed by atoms with van der Waals surface area (Å²) in [5, 5.41) is 2.95. The molecule has 0 saturated carbocycles. The Labute approximate surface area is 125 Å². The highest BCUT2D eigenvalue weighted by atomic mass is 16.5. The molecule has 2 aliphatic rings. The fourth-order valence-electron chi connectivity index (χ4n) is 2.96. The Morgan fingerprint density at radius 1 is 1.33 bits per heavy atom. The first kappa shape index (κ1) is 14.2. The second-order valence-electron chi connectivity index (χ2n) is 5.57. The molecular formula is C16H22N2O3. The number of ether oxygens (including phenoxy) is 2. The quantitative estimate of drug-likeness (QED) is 0.925. The third-order valence-corrected chi connectivity index (χ3v) is 4.13. The van der Waals surface area contributed by atoms with Gasteiger partial charge in [0.05, 0.1) is 12.8 Å². The summed E-state index contributed by atoms with van der Waals surface area (Å²) < 4.78 is 10.8. The van der Waals surface area contributed by atoms with Gasteiger partial charge in [0, 0.05) is 25.4 Å². The van der Waals surface area contributed by atoms with Crippen LogP contribution in [0, 0.1) is 0 Å². The van der Waals surface area contributed by atoms with Gasteiger partial charge in [-0.3, -0.25) is 4.79 Å². The van der Waals surface area contributed by atoms with Crippen LogP contribution in [0.25, 0.3) is 0 Å². The predicted octanol–water partition coefficient (Wildman–Crippen LogP) is 2.41. The van der Waals surface area contributed by atoms with Crippen LogP contribution < -0.4 is 15.0 Å². The third kappa shape index (κ3) is 3.13. The molecule has 1 N–H and O–H groups in total. The zero-order valence-corrected chi connectivity index (χ0v) is 12.4. The lowest BCUT2D eigenvalue weighted by molar-refractivity contribution is -0.124. The first-order valence-electron chi connectivity index (χ1n) is 7.63. The van der Waals surface area contributed by atoms with Gasteiger partial charge < -0.3 is 19.7 Å². The molecule has 1 unspecified atom stereocenters. The Bertz CT molecular complexity index is 506. The fourth-order valence-corrected chi connectivity index (χ4v) is 2.96. The van der Waals surface area contributed by atoms with E-state index in [1.807, 2.05) is 18.2 Å². The average Bonchev–Trinajstić information content (AvgIpc) is 3.20. The Hall–Kier alpha value is -1.75. The summed E-state index contributed by atoms with van der Waals surface area (Å²) in [7, 11) is 1.62. The lowest BCUT2D eigenvalue weighted by Crippen LogP contribution is -2.27. The Kier molecular flexibility index (Phi) is 4.29. The first-order valence-corrected chi connectivity index (χ1v) is 7.63. The van der Waals surface area contributed by atoms with Crippen molar-refractivity contribution in [3.8, 4) is 5.75 Å². The maximum atomic E-state index is 12.2. The summed E-state index contributed by atoms with van der Waals surface area (Å²) in [6.07, 6.45) is 3.86. The SMILES string of the molecule is COc1ccc(N2CCCC2)cc1NC(=O)C1CCCO1. The van der Waals surface area contributed by atoms with Crippen LogP contribution in [0.2, 0.25) is 0 Å². The van der Waals surface area contributed by atoms with Gasteiger partial charge in [0.2, 0.25) is 0 Å². The van der Waals surface area contributed by atoms with E-state index in [2.05, 4.69) is 10.2 Å². The van der Waals surface area contributed by atoms with Crippen LogP contribution in [-0.4, -0.2) is 38.8 Å². The van der Waals surface area contributed by atoms with Crippen LogP contribution in [0.3, 0.4) is 0 Å². The van der Waals surface area contributed by atoms with E-state index in [4.69, 9.17) is 9.47 Å². The van der Waals surface area contributed by atoms with Crippen LogP contribution in [0.5, 0.6) is 5.75 Å². The normalized spacial score (nSPS) is 21.6. The van der Waals surface area contributed by atoms with Crippen molar-refractivity contribution < 1.29 is 14.3 Å². The van der Waals surface area contributed by atoms with Gasteiger partial charge in [0.1, 0.15) is 11.9 Å². The molecule has 1 atom stereocenters. The number of rotatable bonds is 4. The van der Waals surface area contributed by atoms with Crippen molar-refractivity contribution in [2.24, 2.45) is 0 Å². The first-order chi connectivity index (χ1) is 10.3. The zero-order valence-electron chi connectivity index (χ0n) is 12.4. The van der Waals surface area contributed by atoms with E-state index in [0.29, 0.717) is 12.4 Å². The molecule has 1 aromatic rings. The van der Waals surface area contributed by atoms with E-state index < -0.39 is 0 Å². The highest BCUT2D eigenvalue weighted by molar-refractivity contribution is 5.96.